The third-order valence-corrected chi connectivity index (χ3v) is 5.90. The van der Waals surface area contributed by atoms with Crippen molar-refractivity contribution in [3.8, 4) is 0 Å². The predicted octanol–water partition coefficient (Wildman–Crippen LogP) is 6.74. The molecule has 4 aromatic rings. The summed E-state index contributed by atoms with van der Waals surface area (Å²) < 4.78 is 118. The van der Waals surface area contributed by atoms with Crippen LogP contribution >= 0.6 is 0 Å². The van der Waals surface area contributed by atoms with Crippen molar-refractivity contribution < 1.29 is 45.3 Å². The van der Waals surface area contributed by atoms with Gasteiger partial charge < -0.3 is 5.11 Å². The molecule has 0 aromatic heterocycles. The van der Waals surface area contributed by atoms with Crippen molar-refractivity contribution in [2.24, 2.45) is 0 Å². The van der Waals surface area contributed by atoms with Crippen molar-refractivity contribution in [1.82, 2.24) is 0 Å². The molecule has 0 radical (unpaired) electrons. The zero-order valence-electron chi connectivity index (χ0n) is 17.9. The molecule has 0 aliphatic carbocycles. The van der Waals surface area contributed by atoms with E-state index in [4.69, 9.17) is 0 Å². The van der Waals surface area contributed by atoms with E-state index in [1.807, 2.05) is 0 Å². The van der Waals surface area contributed by atoms with Crippen LogP contribution in [0.4, 0.5) is 35.3 Å². The van der Waals surface area contributed by atoms with Gasteiger partial charge in [0, 0.05) is 5.56 Å². The van der Waals surface area contributed by atoms with Gasteiger partial charge in [0.05, 0.1) is 5.56 Å². The molecular weight excluding hydrogens is 496 g/mol. The predicted molar refractivity (Wildman–Crippen MR) is 111 cm³/mol. The lowest BCUT2D eigenvalue weighted by Crippen LogP contribution is -2.53. The molecule has 1 unspecified atom stereocenters. The molecule has 0 amide bonds. The summed E-state index contributed by atoms with van der Waals surface area (Å²) in [7, 11) is 0. The molecule has 0 heterocycles. The second-order valence-electron chi connectivity index (χ2n) is 7.75. The topological polar surface area (TPSA) is 29.5 Å². The van der Waals surface area contributed by atoms with Gasteiger partial charge in [0.15, 0.2) is 40.5 Å². The Bertz CT molecular complexity index is 1340. The van der Waals surface area contributed by atoms with E-state index in [0.717, 1.165) is 30.3 Å². The van der Waals surface area contributed by atoms with Crippen LogP contribution in [0.3, 0.4) is 0 Å². The number of hydrogen-bond donors (Lipinski definition) is 1. The average molecular weight is 510 g/mol. The van der Waals surface area contributed by atoms with Crippen molar-refractivity contribution in [3.05, 3.63) is 142 Å². The third kappa shape index (κ3) is 3.48. The first-order chi connectivity index (χ1) is 17.1. The summed E-state index contributed by atoms with van der Waals surface area (Å²) in [6.45, 7) is 0. The van der Waals surface area contributed by atoms with Crippen LogP contribution < -0.4 is 0 Å². The van der Waals surface area contributed by atoms with Crippen LogP contribution in [0.25, 0.3) is 0 Å². The molecule has 0 saturated carbocycles. The van der Waals surface area contributed by atoms with E-state index in [9.17, 15) is 27.2 Å². The minimum Gasteiger partial charge on any atom is -0.376 e. The first kappa shape index (κ1) is 25.3. The smallest absolute Gasteiger partial charge is 0.204 e. The van der Waals surface area contributed by atoms with Gasteiger partial charge in [-0.1, -0.05) is 72.8 Å². The Kier molecular flexibility index (Phi) is 6.59. The SMILES string of the molecule is OC(c1ccccc1)(c1ccccc1)C(OF)(c1cccc(F)c1F)c1c(F)c(F)c(F)c(F)c1F. The van der Waals surface area contributed by atoms with Crippen LogP contribution in [0.15, 0.2) is 78.9 Å². The first-order valence-electron chi connectivity index (χ1n) is 10.2. The lowest BCUT2D eigenvalue weighted by atomic mass is 9.65. The van der Waals surface area contributed by atoms with Gasteiger partial charge in [-0.25, -0.2) is 30.7 Å². The fourth-order valence-corrected chi connectivity index (χ4v) is 4.27. The Labute approximate surface area is 198 Å². The van der Waals surface area contributed by atoms with Crippen LogP contribution in [-0.4, -0.2) is 5.11 Å². The summed E-state index contributed by atoms with van der Waals surface area (Å²) in [5, 5.41) is 12.2. The van der Waals surface area contributed by atoms with Crippen molar-refractivity contribution in [2.45, 2.75) is 11.2 Å². The molecule has 0 spiro atoms. The minimum atomic E-state index is -3.90. The van der Waals surface area contributed by atoms with Crippen LogP contribution in [-0.2, 0) is 16.1 Å². The fourth-order valence-electron chi connectivity index (χ4n) is 4.27. The molecule has 0 fully saturated rings. The monoisotopic (exact) mass is 510 g/mol. The van der Waals surface area contributed by atoms with E-state index in [2.05, 4.69) is 4.94 Å². The largest absolute Gasteiger partial charge is 0.376 e. The Morgan fingerprint density at radius 1 is 0.528 bits per heavy atom. The standard InChI is InChI=1S/C26H14F8O2/c27-17-13-7-12-16(19(17)28)26(36-34,18-20(29)22(31)24(33)23(32)21(18)30)25(35,14-8-3-1-4-9-14)15-10-5-2-6-11-15/h1-13,35H. The van der Waals surface area contributed by atoms with Gasteiger partial charge in [-0.15, -0.1) is 0 Å². The number of aliphatic hydroxyl groups is 1. The molecule has 0 saturated heterocycles. The van der Waals surface area contributed by atoms with Crippen LogP contribution in [0.1, 0.15) is 22.3 Å². The lowest BCUT2D eigenvalue weighted by Gasteiger charge is -2.45. The molecule has 2 nitrogen and oxygen atoms in total. The molecule has 0 bridgehead atoms. The third-order valence-electron chi connectivity index (χ3n) is 5.90. The second kappa shape index (κ2) is 9.36. The fraction of sp³-hybridized carbons (Fsp3) is 0.0769. The van der Waals surface area contributed by atoms with Gasteiger partial charge in [-0.05, 0) is 21.7 Å². The first-order valence-corrected chi connectivity index (χ1v) is 10.2. The van der Waals surface area contributed by atoms with Crippen LogP contribution in [0, 0.1) is 40.7 Å². The maximum atomic E-state index is 15.3. The van der Waals surface area contributed by atoms with Crippen LogP contribution in [0.5, 0.6) is 0 Å². The molecule has 4 aromatic carbocycles. The van der Waals surface area contributed by atoms with Gasteiger partial charge in [0.25, 0.3) is 0 Å². The summed E-state index contributed by atoms with van der Waals surface area (Å²) in [4.78, 5) is 3.94. The summed E-state index contributed by atoms with van der Waals surface area (Å²) >= 11 is 0. The number of benzene rings is 4. The van der Waals surface area contributed by atoms with Gasteiger partial charge in [-0.3, -0.25) is 0 Å². The van der Waals surface area contributed by atoms with Crippen molar-refractivity contribution in [3.63, 3.8) is 0 Å². The maximum absolute atomic E-state index is 15.3. The van der Waals surface area contributed by atoms with Gasteiger partial charge >= 0.3 is 0 Å². The maximum Gasteiger partial charge on any atom is 0.204 e. The highest BCUT2D eigenvalue weighted by Gasteiger charge is 2.62. The molecule has 4 rings (SSSR count). The summed E-state index contributed by atoms with van der Waals surface area (Å²) in [5.74, 6) is -16.5. The van der Waals surface area contributed by atoms with Crippen molar-refractivity contribution in [1.29, 1.82) is 0 Å². The number of rotatable bonds is 6. The van der Waals surface area contributed by atoms with E-state index in [1.165, 1.54) is 36.4 Å². The highest BCUT2D eigenvalue weighted by molar-refractivity contribution is 5.52. The molecule has 1 atom stereocenters. The van der Waals surface area contributed by atoms with E-state index in [-0.39, 0.29) is 0 Å². The van der Waals surface area contributed by atoms with Crippen molar-refractivity contribution in [2.75, 3.05) is 0 Å². The summed E-state index contributed by atoms with van der Waals surface area (Å²) in [5.41, 5.74) is -11.4. The molecule has 0 aliphatic rings. The van der Waals surface area contributed by atoms with Gasteiger partial charge in [0.1, 0.15) is 0 Å². The molecule has 10 heteroatoms. The van der Waals surface area contributed by atoms with Gasteiger partial charge in [-0.2, -0.15) is 4.94 Å². The second-order valence-corrected chi connectivity index (χ2v) is 7.75. The molecule has 1 N–H and O–H groups in total. The highest BCUT2D eigenvalue weighted by atomic mass is 19.3. The molecular formula is C26H14F8O2. The zero-order valence-corrected chi connectivity index (χ0v) is 17.9. The van der Waals surface area contributed by atoms with E-state index < -0.39 is 74.2 Å². The van der Waals surface area contributed by atoms with E-state index in [0.29, 0.717) is 12.1 Å². The van der Waals surface area contributed by atoms with Crippen LogP contribution in [0.2, 0.25) is 0 Å². The quantitative estimate of drug-likeness (QED) is 0.177. The minimum absolute atomic E-state index is 0.415. The number of halogens is 8. The Morgan fingerprint density at radius 2 is 0.972 bits per heavy atom. The lowest BCUT2D eigenvalue weighted by molar-refractivity contribution is -0.285. The summed E-state index contributed by atoms with van der Waals surface area (Å²) in [6.07, 6.45) is 0. The van der Waals surface area contributed by atoms with Crippen molar-refractivity contribution >= 4 is 0 Å². The Balaban J connectivity index is 2.33. The summed E-state index contributed by atoms with van der Waals surface area (Å²) in [6, 6.07) is 14.5. The van der Waals surface area contributed by atoms with E-state index >= 15 is 13.2 Å². The highest BCUT2D eigenvalue weighted by Crippen LogP contribution is 2.55. The number of hydrogen-bond acceptors (Lipinski definition) is 2. The normalized spacial score (nSPS) is 13.5. The zero-order chi connectivity index (χ0) is 26.3. The molecule has 0 aliphatic heterocycles. The Hall–Kier alpha value is -3.76. The molecule has 36 heavy (non-hydrogen) atoms. The van der Waals surface area contributed by atoms with E-state index in [1.54, 1.807) is 0 Å². The molecule has 186 valence electrons. The average Bonchev–Trinajstić information content (AvgIpc) is 2.91. The Morgan fingerprint density at radius 3 is 1.42 bits per heavy atom. The van der Waals surface area contributed by atoms with Gasteiger partial charge in [0.2, 0.25) is 11.4 Å².